The van der Waals surface area contributed by atoms with Gasteiger partial charge in [0, 0.05) is 31.6 Å². The van der Waals surface area contributed by atoms with Gasteiger partial charge in [0.15, 0.2) is 0 Å². The highest BCUT2D eigenvalue weighted by atomic mass is 16.1. The van der Waals surface area contributed by atoms with Crippen LogP contribution in [0.4, 0.5) is 5.69 Å². The maximum absolute atomic E-state index is 11.2. The van der Waals surface area contributed by atoms with Gasteiger partial charge in [-0.3, -0.25) is 4.79 Å². The average Bonchev–Trinajstić information content (AvgIpc) is 2.43. The lowest BCUT2D eigenvalue weighted by Crippen LogP contribution is -2.13. The van der Waals surface area contributed by atoms with Crippen LogP contribution in [0.2, 0.25) is 0 Å². The van der Waals surface area contributed by atoms with Crippen LogP contribution in [0.25, 0.3) is 0 Å². The van der Waals surface area contributed by atoms with Gasteiger partial charge in [-0.2, -0.15) is 0 Å². The summed E-state index contributed by atoms with van der Waals surface area (Å²) in [5.74, 6) is 0.783. The fourth-order valence-corrected chi connectivity index (χ4v) is 2.52. The molecule has 2 heteroatoms. The Labute approximate surface area is 90.9 Å². The molecular weight excluding hydrogens is 186 g/mol. The predicted octanol–water partition coefficient (Wildman–Crippen LogP) is 2.37. The van der Waals surface area contributed by atoms with Gasteiger partial charge in [-0.15, -0.1) is 0 Å². The molecule has 1 unspecified atom stereocenters. The van der Waals surface area contributed by atoms with Crippen LogP contribution in [-0.2, 0) is 11.2 Å². The molecule has 2 rings (SSSR count). The van der Waals surface area contributed by atoms with Crippen molar-refractivity contribution in [2.45, 2.75) is 26.2 Å². The first-order chi connectivity index (χ1) is 7.09. The molecule has 0 saturated carbocycles. The number of hydrogen-bond acceptors (Lipinski definition) is 2. The van der Waals surface area contributed by atoms with Gasteiger partial charge in [0.1, 0.15) is 5.78 Å². The lowest BCUT2D eigenvalue weighted by Gasteiger charge is -2.12. The van der Waals surface area contributed by atoms with Crippen molar-refractivity contribution < 1.29 is 4.79 Å². The first-order valence-corrected chi connectivity index (χ1v) is 5.42. The molecule has 1 aliphatic rings. The maximum atomic E-state index is 11.2. The number of anilines is 1. The van der Waals surface area contributed by atoms with Gasteiger partial charge >= 0.3 is 0 Å². The molecule has 80 valence electrons. The molecule has 0 fully saturated rings. The second kappa shape index (κ2) is 3.69. The lowest BCUT2D eigenvalue weighted by atomic mass is 9.94. The summed E-state index contributed by atoms with van der Waals surface area (Å²) in [6.07, 6.45) is 0.571. The minimum atomic E-state index is 0.241. The summed E-state index contributed by atoms with van der Waals surface area (Å²) in [7, 11) is 2.11. The van der Waals surface area contributed by atoms with Gasteiger partial charge in [0.2, 0.25) is 0 Å². The molecule has 1 atom stereocenters. The lowest BCUT2D eigenvalue weighted by molar-refractivity contribution is -0.116. The quantitative estimate of drug-likeness (QED) is 0.735. The van der Waals surface area contributed by atoms with Crippen LogP contribution in [0.1, 0.15) is 30.9 Å². The zero-order chi connectivity index (χ0) is 11.0. The number of rotatable bonds is 2. The molecule has 15 heavy (non-hydrogen) atoms. The van der Waals surface area contributed by atoms with Gasteiger partial charge in [-0.25, -0.2) is 0 Å². The molecule has 1 aromatic carbocycles. The van der Waals surface area contributed by atoms with Crippen LogP contribution in [0, 0.1) is 0 Å². The summed E-state index contributed by atoms with van der Waals surface area (Å²) in [4.78, 5) is 13.5. The maximum Gasteiger partial charge on any atom is 0.134 e. The number of benzene rings is 1. The number of likely N-dealkylation sites (N-methyl/N-ethyl adjacent to an activating group) is 1. The van der Waals surface area contributed by atoms with E-state index in [2.05, 4.69) is 31.0 Å². The van der Waals surface area contributed by atoms with Crippen molar-refractivity contribution in [2.24, 2.45) is 0 Å². The molecule has 0 spiro atoms. The van der Waals surface area contributed by atoms with Crippen LogP contribution in [0.15, 0.2) is 18.2 Å². The molecule has 0 aromatic heterocycles. The molecule has 0 radical (unpaired) electrons. The highest BCUT2D eigenvalue weighted by Crippen LogP contribution is 2.37. The van der Waals surface area contributed by atoms with Crippen LogP contribution in [0.5, 0.6) is 0 Å². The van der Waals surface area contributed by atoms with Crippen molar-refractivity contribution in [1.82, 2.24) is 0 Å². The summed E-state index contributed by atoms with van der Waals surface area (Å²) in [5, 5.41) is 0. The van der Waals surface area contributed by atoms with Crippen LogP contribution < -0.4 is 4.90 Å². The first kappa shape index (κ1) is 10.2. The van der Waals surface area contributed by atoms with Crippen molar-refractivity contribution in [1.29, 1.82) is 0 Å². The number of fused-ring (bicyclic) bond motifs is 1. The van der Waals surface area contributed by atoms with Crippen molar-refractivity contribution in [2.75, 3.05) is 18.5 Å². The van der Waals surface area contributed by atoms with E-state index in [0.29, 0.717) is 12.3 Å². The number of nitrogens with zero attached hydrogens (tertiary/aromatic N) is 1. The zero-order valence-corrected chi connectivity index (χ0v) is 9.58. The van der Waals surface area contributed by atoms with E-state index >= 15 is 0 Å². The first-order valence-electron chi connectivity index (χ1n) is 5.42. The van der Waals surface area contributed by atoms with Crippen molar-refractivity contribution in [3.63, 3.8) is 0 Å². The molecule has 0 amide bonds. The molecular formula is C13H17NO. The smallest absolute Gasteiger partial charge is 0.134 e. The number of Topliss-reactive ketones (excluding diaryl/α,β-unsaturated/α-hetero) is 1. The molecule has 0 aliphatic carbocycles. The largest absolute Gasteiger partial charge is 0.374 e. The fraction of sp³-hybridized carbons (Fsp3) is 0.462. The monoisotopic (exact) mass is 203 g/mol. The van der Waals surface area contributed by atoms with E-state index in [4.69, 9.17) is 0 Å². The van der Waals surface area contributed by atoms with Gasteiger partial charge < -0.3 is 4.90 Å². The Morgan fingerprint density at radius 2 is 2.27 bits per heavy atom. The van der Waals surface area contributed by atoms with Crippen molar-refractivity contribution in [3.05, 3.63) is 29.3 Å². The Balaban J connectivity index is 2.45. The number of hydrogen-bond donors (Lipinski definition) is 0. The summed E-state index contributed by atoms with van der Waals surface area (Å²) in [6, 6.07) is 6.27. The summed E-state index contributed by atoms with van der Waals surface area (Å²) in [5.41, 5.74) is 3.87. The van der Waals surface area contributed by atoms with Crippen LogP contribution in [-0.4, -0.2) is 19.4 Å². The molecule has 2 nitrogen and oxygen atoms in total. The van der Waals surface area contributed by atoms with E-state index in [-0.39, 0.29) is 5.78 Å². The van der Waals surface area contributed by atoms with E-state index in [0.717, 1.165) is 6.54 Å². The van der Waals surface area contributed by atoms with E-state index in [1.54, 1.807) is 6.92 Å². The fourth-order valence-electron chi connectivity index (χ4n) is 2.52. The topological polar surface area (TPSA) is 20.3 Å². The van der Waals surface area contributed by atoms with Crippen molar-refractivity contribution >= 4 is 11.5 Å². The van der Waals surface area contributed by atoms with E-state index in [1.165, 1.54) is 16.8 Å². The van der Waals surface area contributed by atoms with Gasteiger partial charge in [-0.1, -0.05) is 19.1 Å². The minimum absolute atomic E-state index is 0.241. The van der Waals surface area contributed by atoms with Gasteiger partial charge in [-0.05, 0) is 24.1 Å². The van der Waals surface area contributed by atoms with E-state index in [1.807, 2.05) is 6.07 Å². The Kier molecular flexibility index (Phi) is 2.51. The Morgan fingerprint density at radius 1 is 1.53 bits per heavy atom. The van der Waals surface area contributed by atoms with Crippen LogP contribution >= 0.6 is 0 Å². The van der Waals surface area contributed by atoms with Crippen LogP contribution in [0.3, 0.4) is 0 Å². The third-order valence-electron chi connectivity index (χ3n) is 3.06. The van der Waals surface area contributed by atoms with E-state index in [9.17, 15) is 4.79 Å². The van der Waals surface area contributed by atoms with E-state index < -0.39 is 0 Å². The Bertz CT molecular complexity index is 398. The molecule has 1 aliphatic heterocycles. The molecule has 0 saturated heterocycles. The summed E-state index contributed by atoms with van der Waals surface area (Å²) in [6.45, 7) is 4.94. The van der Waals surface area contributed by atoms with Crippen molar-refractivity contribution in [3.8, 4) is 0 Å². The summed E-state index contributed by atoms with van der Waals surface area (Å²) >= 11 is 0. The second-order valence-corrected chi connectivity index (χ2v) is 4.51. The second-order valence-electron chi connectivity index (χ2n) is 4.51. The predicted molar refractivity (Wildman–Crippen MR) is 62.5 cm³/mol. The third-order valence-corrected chi connectivity index (χ3v) is 3.06. The normalized spacial score (nSPS) is 19.1. The number of carbonyl (C=O) groups is 1. The standard InChI is InChI=1S/C13H17NO/c1-9-8-14(3)12-6-4-5-11(13(9)12)7-10(2)15/h4-6,9H,7-8H2,1-3H3. The molecule has 1 aromatic rings. The zero-order valence-electron chi connectivity index (χ0n) is 9.58. The Hall–Kier alpha value is -1.31. The van der Waals surface area contributed by atoms with Gasteiger partial charge in [0.05, 0.1) is 0 Å². The average molecular weight is 203 g/mol. The SMILES string of the molecule is CC(=O)Cc1cccc2c1C(C)CN2C. The summed E-state index contributed by atoms with van der Waals surface area (Å²) < 4.78 is 0. The van der Waals surface area contributed by atoms with Gasteiger partial charge in [0.25, 0.3) is 0 Å². The number of carbonyl (C=O) groups excluding carboxylic acids is 1. The third kappa shape index (κ3) is 1.76. The minimum Gasteiger partial charge on any atom is -0.374 e. The Morgan fingerprint density at radius 3 is 2.93 bits per heavy atom. The molecule has 0 bridgehead atoms. The highest BCUT2D eigenvalue weighted by Gasteiger charge is 2.25. The molecule has 0 N–H and O–H groups in total. The number of ketones is 1. The molecule has 1 heterocycles. The highest BCUT2D eigenvalue weighted by molar-refractivity contribution is 5.80.